The van der Waals surface area contributed by atoms with Gasteiger partial charge >= 0.3 is 6.01 Å². The number of likely N-dealkylation sites (tertiary alicyclic amines) is 1. The summed E-state index contributed by atoms with van der Waals surface area (Å²) in [6.45, 7) is 2.22. The average molecular weight is 354 g/mol. The van der Waals surface area contributed by atoms with Crippen molar-refractivity contribution in [2.75, 3.05) is 13.1 Å². The van der Waals surface area contributed by atoms with Crippen molar-refractivity contribution in [3.8, 4) is 17.1 Å². The Morgan fingerprint density at radius 2 is 1.73 bits per heavy atom. The van der Waals surface area contributed by atoms with E-state index in [1.165, 1.54) is 25.7 Å². The summed E-state index contributed by atoms with van der Waals surface area (Å²) in [6, 6.07) is 4.71. The van der Waals surface area contributed by atoms with Gasteiger partial charge in [0.25, 0.3) is 5.56 Å². The van der Waals surface area contributed by atoms with Crippen molar-refractivity contribution in [3.63, 3.8) is 0 Å². The Bertz CT molecular complexity index is 788. The topological polar surface area (TPSA) is 60.2 Å². The third-order valence-electron chi connectivity index (χ3n) is 5.66. The summed E-state index contributed by atoms with van der Waals surface area (Å²) < 4.78 is 7.53. The van der Waals surface area contributed by atoms with Crippen molar-refractivity contribution in [2.45, 2.75) is 50.7 Å². The number of rotatable bonds is 4. The first kappa shape index (κ1) is 17.2. The Balaban J connectivity index is 1.34. The molecule has 1 saturated carbocycles. The molecule has 4 rings (SSSR count). The third kappa shape index (κ3) is 3.80. The molecule has 2 aromatic heterocycles. The molecule has 0 radical (unpaired) electrons. The fourth-order valence-corrected chi connectivity index (χ4v) is 4.03. The highest BCUT2D eigenvalue weighted by Crippen LogP contribution is 2.27. The van der Waals surface area contributed by atoms with Gasteiger partial charge in [-0.3, -0.25) is 4.79 Å². The van der Waals surface area contributed by atoms with Gasteiger partial charge in [-0.2, -0.15) is 0 Å². The van der Waals surface area contributed by atoms with E-state index in [0.717, 1.165) is 43.1 Å². The van der Waals surface area contributed by atoms with Gasteiger partial charge in [0.15, 0.2) is 0 Å². The molecule has 1 aliphatic heterocycles. The molecule has 0 atom stereocenters. The lowest BCUT2D eigenvalue weighted by atomic mass is 10.0. The zero-order chi connectivity index (χ0) is 17.9. The van der Waals surface area contributed by atoms with E-state index in [1.807, 2.05) is 6.07 Å². The smallest absolute Gasteiger partial charge is 0.316 e. The van der Waals surface area contributed by atoms with Gasteiger partial charge in [-0.25, -0.2) is 9.97 Å². The summed E-state index contributed by atoms with van der Waals surface area (Å²) in [5.41, 5.74) is 1.60. The van der Waals surface area contributed by atoms with E-state index in [0.29, 0.717) is 6.01 Å². The van der Waals surface area contributed by atoms with Crippen LogP contribution in [0.1, 0.15) is 38.5 Å². The number of nitrogens with zero attached hydrogens (tertiary/aromatic N) is 4. The summed E-state index contributed by atoms with van der Waals surface area (Å²) in [6.07, 6.45) is 13.0. The average Bonchev–Trinajstić information content (AvgIpc) is 3.20. The second kappa shape index (κ2) is 7.58. The SMILES string of the molecule is Cn1ccc(-c2cnc(OC3CCN(C4CCCC4)CC3)nc2)cc1=O. The molecule has 0 spiro atoms. The quantitative estimate of drug-likeness (QED) is 0.845. The van der Waals surface area contributed by atoms with E-state index in [9.17, 15) is 4.79 Å². The van der Waals surface area contributed by atoms with Crippen molar-refractivity contribution in [1.29, 1.82) is 0 Å². The molecule has 0 unspecified atom stereocenters. The minimum Gasteiger partial charge on any atom is -0.460 e. The summed E-state index contributed by atoms with van der Waals surface area (Å²) in [5.74, 6) is 0. The van der Waals surface area contributed by atoms with E-state index >= 15 is 0 Å². The maximum Gasteiger partial charge on any atom is 0.316 e. The standard InChI is InChI=1S/C20H26N4O2/c1-23-9-6-15(12-19(23)25)16-13-21-20(22-14-16)26-18-7-10-24(11-8-18)17-4-2-3-5-17/h6,9,12-14,17-18H,2-5,7-8,10-11H2,1H3. The lowest BCUT2D eigenvalue weighted by Gasteiger charge is -2.35. The molecule has 0 aromatic carbocycles. The number of ether oxygens (including phenoxy) is 1. The number of piperidine rings is 1. The first-order valence-electron chi connectivity index (χ1n) is 9.59. The minimum absolute atomic E-state index is 0.0446. The van der Waals surface area contributed by atoms with E-state index in [2.05, 4.69) is 14.9 Å². The number of pyridine rings is 1. The largest absolute Gasteiger partial charge is 0.460 e. The molecule has 2 fully saturated rings. The normalized spacial score (nSPS) is 19.7. The zero-order valence-corrected chi connectivity index (χ0v) is 15.3. The van der Waals surface area contributed by atoms with Gasteiger partial charge in [0.1, 0.15) is 6.10 Å². The van der Waals surface area contributed by atoms with Crippen LogP contribution in [0.4, 0.5) is 0 Å². The molecule has 2 aliphatic rings. The molecule has 6 heteroatoms. The number of hydrogen-bond acceptors (Lipinski definition) is 5. The first-order valence-corrected chi connectivity index (χ1v) is 9.59. The van der Waals surface area contributed by atoms with Crippen LogP contribution < -0.4 is 10.3 Å². The van der Waals surface area contributed by atoms with Gasteiger partial charge in [-0.05, 0) is 37.3 Å². The Labute approximate surface area is 153 Å². The van der Waals surface area contributed by atoms with E-state index < -0.39 is 0 Å². The van der Waals surface area contributed by atoms with Crippen molar-refractivity contribution in [1.82, 2.24) is 19.4 Å². The molecular weight excluding hydrogens is 328 g/mol. The van der Waals surface area contributed by atoms with Crippen LogP contribution in [0.5, 0.6) is 6.01 Å². The molecule has 26 heavy (non-hydrogen) atoms. The molecule has 3 heterocycles. The molecule has 138 valence electrons. The number of aryl methyl sites for hydroxylation is 1. The predicted molar refractivity (Wildman–Crippen MR) is 100 cm³/mol. The second-order valence-electron chi connectivity index (χ2n) is 7.41. The fourth-order valence-electron chi connectivity index (χ4n) is 4.03. The van der Waals surface area contributed by atoms with Gasteiger partial charge in [0.2, 0.25) is 0 Å². The Morgan fingerprint density at radius 3 is 2.38 bits per heavy atom. The number of aromatic nitrogens is 3. The Kier molecular flexibility index (Phi) is 5.02. The highest BCUT2D eigenvalue weighted by atomic mass is 16.5. The van der Waals surface area contributed by atoms with Crippen molar-refractivity contribution < 1.29 is 4.74 Å². The molecule has 2 aromatic rings. The molecule has 0 N–H and O–H groups in total. The van der Waals surface area contributed by atoms with Gasteiger partial charge in [0.05, 0.1) is 0 Å². The van der Waals surface area contributed by atoms with Gasteiger partial charge < -0.3 is 14.2 Å². The molecular formula is C20H26N4O2. The van der Waals surface area contributed by atoms with E-state index in [4.69, 9.17) is 4.74 Å². The lowest BCUT2D eigenvalue weighted by Crippen LogP contribution is -2.43. The van der Waals surface area contributed by atoms with Crippen LogP contribution in [-0.4, -0.2) is 44.7 Å². The van der Waals surface area contributed by atoms with Gasteiger partial charge in [-0.15, -0.1) is 0 Å². The summed E-state index contributed by atoms with van der Waals surface area (Å²) in [4.78, 5) is 23.1. The highest BCUT2D eigenvalue weighted by molar-refractivity contribution is 5.60. The highest BCUT2D eigenvalue weighted by Gasteiger charge is 2.28. The summed E-state index contributed by atoms with van der Waals surface area (Å²) in [7, 11) is 1.73. The lowest BCUT2D eigenvalue weighted by molar-refractivity contribution is 0.0710. The first-order chi connectivity index (χ1) is 12.7. The maximum absolute atomic E-state index is 11.8. The van der Waals surface area contributed by atoms with Gasteiger partial charge in [-0.1, -0.05) is 12.8 Å². The van der Waals surface area contributed by atoms with E-state index in [-0.39, 0.29) is 11.7 Å². The predicted octanol–water partition coefficient (Wildman–Crippen LogP) is 2.63. The molecule has 6 nitrogen and oxygen atoms in total. The van der Waals surface area contributed by atoms with Crippen LogP contribution in [0, 0.1) is 0 Å². The summed E-state index contributed by atoms with van der Waals surface area (Å²) >= 11 is 0. The molecule has 0 amide bonds. The molecule has 1 aliphatic carbocycles. The minimum atomic E-state index is -0.0446. The van der Waals surface area contributed by atoms with Gasteiger partial charge in [0, 0.05) is 56.4 Å². The molecule has 1 saturated heterocycles. The maximum atomic E-state index is 11.8. The molecule has 0 bridgehead atoms. The van der Waals surface area contributed by atoms with Crippen molar-refractivity contribution >= 4 is 0 Å². The fraction of sp³-hybridized carbons (Fsp3) is 0.550. The van der Waals surface area contributed by atoms with Crippen LogP contribution in [-0.2, 0) is 7.05 Å². The summed E-state index contributed by atoms with van der Waals surface area (Å²) in [5, 5.41) is 0. The van der Waals surface area contributed by atoms with Crippen molar-refractivity contribution in [3.05, 3.63) is 41.1 Å². The van der Waals surface area contributed by atoms with E-state index in [1.54, 1.807) is 36.3 Å². The van der Waals surface area contributed by atoms with Crippen LogP contribution in [0.25, 0.3) is 11.1 Å². The van der Waals surface area contributed by atoms with Crippen LogP contribution in [0.15, 0.2) is 35.5 Å². The Hall–Kier alpha value is -2.21. The monoisotopic (exact) mass is 354 g/mol. The Morgan fingerprint density at radius 1 is 1.04 bits per heavy atom. The van der Waals surface area contributed by atoms with Crippen molar-refractivity contribution in [2.24, 2.45) is 7.05 Å². The second-order valence-corrected chi connectivity index (χ2v) is 7.41. The number of hydrogen-bond donors (Lipinski definition) is 0. The third-order valence-corrected chi connectivity index (χ3v) is 5.66. The van der Waals surface area contributed by atoms with Crippen LogP contribution in [0.3, 0.4) is 0 Å². The zero-order valence-electron chi connectivity index (χ0n) is 15.3. The van der Waals surface area contributed by atoms with Crippen LogP contribution >= 0.6 is 0 Å². The van der Waals surface area contributed by atoms with Crippen LogP contribution in [0.2, 0.25) is 0 Å².